The van der Waals surface area contributed by atoms with Gasteiger partial charge in [-0.05, 0) is 266 Å². The molecule has 0 radical (unpaired) electrons. The maximum atomic E-state index is 10.3. The first-order valence-electron chi connectivity index (χ1n) is 43.9. The highest BCUT2D eigenvalue weighted by molar-refractivity contribution is 7.17. The highest BCUT2D eigenvalue weighted by atomic mass is 35.5. The zero-order chi connectivity index (χ0) is 90.4. The van der Waals surface area contributed by atoms with Gasteiger partial charge in [-0.1, -0.05) is 251 Å². The molecule has 1 aliphatic carbocycles. The third-order valence-corrected chi connectivity index (χ3v) is 22.7. The van der Waals surface area contributed by atoms with Crippen molar-refractivity contribution in [3.8, 4) is 11.4 Å². The number of nitrogens with zero attached hydrogens (tertiary/aromatic N) is 7. The molecule has 16 heteroatoms. The molecule has 0 bridgehead atoms. The molecule has 0 atom stereocenters. The summed E-state index contributed by atoms with van der Waals surface area (Å²) in [7, 11) is 3.56. The average molecular weight is 1700 g/mol. The van der Waals surface area contributed by atoms with Gasteiger partial charge >= 0.3 is 0 Å². The van der Waals surface area contributed by atoms with Crippen molar-refractivity contribution in [1.29, 1.82) is 0 Å². The topological polar surface area (TPSA) is 184 Å². The second-order valence-corrected chi connectivity index (χ2v) is 37.8. The van der Waals surface area contributed by atoms with Crippen molar-refractivity contribution in [2.24, 2.45) is 7.05 Å². The van der Waals surface area contributed by atoms with E-state index in [1.165, 1.54) is 85.1 Å². The van der Waals surface area contributed by atoms with Crippen molar-refractivity contribution in [2.75, 3.05) is 7.11 Å². The van der Waals surface area contributed by atoms with Gasteiger partial charge < -0.3 is 33.4 Å². The SMILES string of the molecule is CC(C)c1cc(C(C)(C)O)co1.CC(C)c1cc(C(C)(C)O)n(-c2ccccc2)n1.CC(C)c1cc(C(C)(C)O)n(C)n1.CC(C)c1cc2ccccc2o1.CC(C)c1ccc2c(c1)CCCC2.CC(C)c1ccc2cc(Cl)ccc2c1.CC(C)c1cnc2ccsc2c1.CCc1noc2ncc(C(C)C)cc12.COc1ccc2cc(C(C)C)ccc2c1. The zero-order valence-corrected chi connectivity index (χ0v) is 79.9. The standard InChI is InChI=1S/C15H20N2O.C14H16O.C13H13Cl.C13H18.C11H14N2O.C11H12O.C10H18N2O.C10H11NS.C10H16O2/c1-11(2)13-10-14(15(3,4)18)17(16-13)12-8-6-5-7-9-12;1-10(2)11-4-5-13-9-14(15-3)7-6-12(13)8-11;1-9(2)10-3-4-12-8-13(14)6-5-11(12)7-10;1-10(2)12-8-7-11-5-3-4-6-13(11)9-12;1-4-10-9-5-8(7(2)3)6-12-11(9)14-13-10;1-8(2)11-7-9-5-3-4-6-10(9)12-11;1-7(2)8-6-9(10(3,4)13)12(5)11-8;1-7(2)8-5-10-9(11-6-8)3-4-12-10;1-7(2)9-5-8(6-12-9)10(3,4)11/h5-11,18H,1-4H3;4-10H,1-3H3;3-9H,1-2H3;7-10H,3-6H2,1-2H3;5-7H,4H2,1-3H3;3-8H,1-2H3;6-7,13H,1-5H3;3-7H,1-2H3;5-7,11H,1-4H3. The summed E-state index contributed by atoms with van der Waals surface area (Å²) in [5.41, 5.74) is 16.8. The Balaban J connectivity index is 0.000000172. The van der Waals surface area contributed by atoms with Crippen molar-refractivity contribution >= 4 is 76.8 Å². The van der Waals surface area contributed by atoms with Gasteiger partial charge in [-0.2, -0.15) is 10.2 Å². The van der Waals surface area contributed by atoms with Crippen LogP contribution >= 0.6 is 22.9 Å². The van der Waals surface area contributed by atoms with E-state index in [2.05, 4.69) is 265 Å². The van der Waals surface area contributed by atoms with Crippen LogP contribution in [0.5, 0.6) is 5.75 Å². The summed E-state index contributed by atoms with van der Waals surface area (Å²) in [5.74, 6) is 7.40. The van der Waals surface area contributed by atoms with E-state index in [-0.39, 0.29) is 0 Å². The molecule has 8 heterocycles. The number of ether oxygens (including phenoxy) is 1. The van der Waals surface area contributed by atoms with Crippen molar-refractivity contribution < 1.29 is 33.4 Å². The van der Waals surface area contributed by atoms with E-state index >= 15 is 0 Å². The Bertz CT molecular complexity index is 5710. The maximum absolute atomic E-state index is 10.3. The van der Waals surface area contributed by atoms with E-state index in [0.717, 1.165) is 84.9 Å². The minimum atomic E-state index is -0.907. The lowest BCUT2D eigenvalue weighted by molar-refractivity contribution is 0.0694. The number of pyridine rings is 2. The number of rotatable bonds is 15. The third-order valence-electron chi connectivity index (χ3n) is 21.7. The number of halogens is 1. The molecule has 0 amide bonds. The van der Waals surface area contributed by atoms with Crippen molar-refractivity contribution in [3.63, 3.8) is 0 Å². The number of methoxy groups -OCH3 is 1. The van der Waals surface area contributed by atoms with Gasteiger partial charge in [-0.3, -0.25) is 9.67 Å². The smallest absolute Gasteiger partial charge is 0.257 e. The Labute approximate surface area is 742 Å². The van der Waals surface area contributed by atoms with E-state index in [1.807, 2.05) is 109 Å². The molecule has 123 heavy (non-hydrogen) atoms. The lowest BCUT2D eigenvalue weighted by atomic mass is 9.88. The van der Waals surface area contributed by atoms with Crippen LogP contribution in [0.15, 0.2) is 225 Å². The van der Waals surface area contributed by atoms with Gasteiger partial charge in [-0.25, -0.2) is 9.67 Å². The Hall–Kier alpha value is -10.0. The Kier molecular flexibility index (Phi) is 36.1. The first kappa shape index (κ1) is 98.4. The van der Waals surface area contributed by atoms with Crippen LogP contribution in [-0.2, 0) is 43.1 Å². The van der Waals surface area contributed by atoms with Crippen LogP contribution in [0.1, 0.15) is 324 Å². The van der Waals surface area contributed by atoms with Gasteiger partial charge in [0.1, 0.15) is 34.1 Å². The quantitative estimate of drug-likeness (QED) is 0.0884. The van der Waals surface area contributed by atoms with Crippen LogP contribution < -0.4 is 4.74 Å². The molecule has 0 spiro atoms. The summed E-state index contributed by atoms with van der Waals surface area (Å²) in [6, 6.07) is 64.8. The number of fused-ring (bicyclic) bond motifs is 6. The number of furan rings is 2. The molecule has 656 valence electrons. The number of aliphatic hydroxyl groups is 3. The molecule has 1 aliphatic rings. The monoisotopic (exact) mass is 1700 g/mol. The number of hydrogen-bond donors (Lipinski definition) is 3. The van der Waals surface area contributed by atoms with Gasteiger partial charge in [0.2, 0.25) is 0 Å². The van der Waals surface area contributed by atoms with Crippen LogP contribution in [-0.4, -0.2) is 57.1 Å². The Morgan fingerprint density at radius 3 is 1.52 bits per heavy atom. The van der Waals surface area contributed by atoms with Gasteiger partial charge in [-0.15, -0.1) is 11.3 Å². The predicted molar refractivity (Wildman–Crippen MR) is 518 cm³/mol. The molecule has 3 N–H and O–H groups in total. The van der Waals surface area contributed by atoms with Gasteiger partial charge in [0.25, 0.3) is 5.71 Å². The van der Waals surface area contributed by atoms with Gasteiger partial charge in [0.05, 0.1) is 68.7 Å². The van der Waals surface area contributed by atoms with E-state index in [9.17, 15) is 15.3 Å². The second-order valence-electron chi connectivity index (χ2n) is 36.4. The van der Waals surface area contributed by atoms with E-state index in [1.54, 1.807) is 82.1 Å². The van der Waals surface area contributed by atoms with Crippen LogP contribution in [0.25, 0.3) is 59.5 Å². The number of thiophene rings is 1. The lowest BCUT2D eigenvalue weighted by Crippen LogP contribution is -2.20. The van der Waals surface area contributed by atoms with Crippen LogP contribution in [0.4, 0.5) is 0 Å². The molecule has 0 aliphatic heterocycles. The summed E-state index contributed by atoms with van der Waals surface area (Å²) < 4.78 is 26.1. The van der Waals surface area contributed by atoms with E-state index in [4.69, 9.17) is 29.7 Å². The summed E-state index contributed by atoms with van der Waals surface area (Å²) in [5, 5.41) is 52.7. The fraction of sp³-hybridized carbons (Fsp3) is 0.411. The highest BCUT2D eigenvalue weighted by Gasteiger charge is 2.26. The van der Waals surface area contributed by atoms with Gasteiger partial charge in [0, 0.05) is 47.2 Å². The Morgan fingerprint density at radius 1 is 0.472 bits per heavy atom. The van der Waals surface area contributed by atoms with Crippen molar-refractivity contribution in [1.82, 2.24) is 34.7 Å². The average Bonchev–Trinajstić information content (AvgIpc) is 1.66. The largest absolute Gasteiger partial charge is 0.497 e. The van der Waals surface area contributed by atoms with E-state index < -0.39 is 16.8 Å². The van der Waals surface area contributed by atoms with Crippen LogP contribution in [0.3, 0.4) is 0 Å². The molecule has 0 saturated heterocycles. The molecule has 15 aromatic rings. The number of hydrogen-bond acceptors (Lipinski definition) is 13. The van der Waals surface area contributed by atoms with Crippen molar-refractivity contribution in [3.05, 3.63) is 302 Å². The summed E-state index contributed by atoms with van der Waals surface area (Å²) >= 11 is 7.68. The summed E-state index contributed by atoms with van der Waals surface area (Å²) in [4.78, 5) is 8.61. The molecule has 16 rings (SSSR count). The molecule has 8 aromatic heterocycles. The van der Waals surface area contributed by atoms with Gasteiger partial charge in [0.15, 0.2) is 0 Å². The number of benzene rings is 7. The number of aryl methyl sites for hydroxylation is 4. The molecule has 0 fully saturated rings. The zero-order valence-electron chi connectivity index (χ0n) is 78.3. The molecule has 0 saturated carbocycles. The summed E-state index contributed by atoms with van der Waals surface area (Å²) in [6.45, 7) is 51.5. The molecule has 7 aromatic carbocycles. The molecule has 14 nitrogen and oxygen atoms in total. The number of para-hydroxylation sites is 2. The normalized spacial score (nSPS) is 12.1. The van der Waals surface area contributed by atoms with Crippen LogP contribution in [0.2, 0.25) is 5.02 Å². The highest BCUT2D eigenvalue weighted by Crippen LogP contribution is 2.33. The minimum absolute atomic E-state index is 0.344. The third kappa shape index (κ3) is 28.8. The number of aromatic nitrogens is 7. The van der Waals surface area contributed by atoms with E-state index in [0.29, 0.717) is 59.0 Å². The second kappa shape index (κ2) is 45.1. The Morgan fingerprint density at radius 2 is 0.992 bits per heavy atom. The molecule has 0 unspecified atom stereocenters. The lowest BCUT2D eigenvalue weighted by Gasteiger charge is -2.18. The molecular formula is C107H138ClN7O7S. The minimum Gasteiger partial charge on any atom is -0.497 e. The van der Waals surface area contributed by atoms with Crippen LogP contribution in [0, 0.1) is 0 Å². The predicted octanol–water partition coefficient (Wildman–Crippen LogP) is 29.8. The summed E-state index contributed by atoms with van der Waals surface area (Å²) in [6.07, 6.45) is 11.7. The fourth-order valence-corrected chi connectivity index (χ4v) is 14.5. The fourth-order valence-electron chi connectivity index (χ4n) is 13.6. The first-order chi connectivity index (χ1) is 58.0. The molecular weight excluding hydrogens is 1560 g/mol. The van der Waals surface area contributed by atoms with Crippen molar-refractivity contribution in [2.45, 2.75) is 275 Å². The first-order valence-corrected chi connectivity index (χ1v) is 45.2. The maximum Gasteiger partial charge on any atom is 0.257 e.